The van der Waals surface area contributed by atoms with E-state index in [0.717, 1.165) is 0 Å². The predicted octanol–water partition coefficient (Wildman–Crippen LogP) is 2.06. The number of carbonyl (C=O) groups is 3. The van der Waals surface area contributed by atoms with Crippen LogP contribution in [0.2, 0.25) is 0 Å². The molecule has 0 radical (unpaired) electrons. The van der Waals surface area contributed by atoms with Crippen LogP contribution in [-0.2, 0) is 18.8 Å². The van der Waals surface area contributed by atoms with Crippen LogP contribution in [0.4, 0.5) is 16.3 Å². The van der Waals surface area contributed by atoms with Crippen LogP contribution in [0.15, 0.2) is 18.5 Å². The van der Waals surface area contributed by atoms with Crippen molar-refractivity contribution in [1.29, 1.82) is 0 Å². The normalized spacial score (nSPS) is 11.1. The van der Waals surface area contributed by atoms with Gasteiger partial charge in [0.1, 0.15) is 11.3 Å². The van der Waals surface area contributed by atoms with Gasteiger partial charge in [-0.15, -0.1) is 0 Å². The number of ether oxygens (including phenoxy) is 1. The van der Waals surface area contributed by atoms with Gasteiger partial charge < -0.3 is 24.3 Å². The zero-order valence-corrected chi connectivity index (χ0v) is 15.2. The minimum absolute atomic E-state index is 0.109. The summed E-state index contributed by atoms with van der Waals surface area (Å²) in [6, 6.07) is 1.47. The zero-order chi connectivity index (χ0) is 19.6. The number of amides is 2. The fraction of sp³-hybridized carbons (Fsp3) is 0.375. The topological polar surface area (TPSA) is 127 Å². The SMILES string of the molecule is Cn1cc(NC(=O)OC(C)(C)C)cc1C(=O)Nc1cn(C)c(C(=O)O)n1. The minimum Gasteiger partial charge on any atom is -0.475 e. The molecule has 0 spiro atoms. The lowest BCUT2D eigenvalue weighted by Crippen LogP contribution is -2.27. The molecule has 2 amide bonds. The zero-order valence-electron chi connectivity index (χ0n) is 15.2. The van der Waals surface area contributed by atoms with Crippen LogP contribution in [-0.4, -0.2) is 42.8 Å². The Kier molecular flexibility index (Phi) is 5.05. The van der Waals surface area contributed by atoms with Crippen LogP contribution in [0.1, 0.15) is 41.9 Å². The Morgan fingerprint density at radius 1 is 1.12 bits per heavy atom. The molecule has 26 heavy (non-hydrogen) atoms. The molecule has 2 heterocycles. The van der Waals surface area contributed by atoms with Crippen molar-refractivity contribution in [2.75, 3.05) is 10.6 Å². The molecule has 0 aromatic carbocycles. The highest BCUT2D eigenvalue weighted by Gasteiger charge is 2.19. The van der Waals surface area contributed by atoms with Gasteiger partial charge in [0, 0.05) is 26.5 Å². The quantitative estimate of drug-likeness (QED) is 0.763. The molecular weight excluding hydrogens is 342 g/mol. The van der Waals surface area contributed by atoms with Crippen LogP contribution >= 0.6 is 0 Å². The van der Waals surface area contributed by atoms with Gasteiger partial charge in [0.05, 0.1) is 5.69 Å². The van der Waals surface area contributed by atoms with Gasteiger partial charge in [0.25, 0.3) is 5.91 Å². The van der Waals surface area contributed by atoms with Gasteiger partial charge >= 0.3 is 12.1 Å². The molecule has 0 unspecified atom stereocenters. The molecule has 0 aliphatic rings. The molecule has 0 saturated heterocycles. The molecule has 3 N–H and O–H groups in total. The molecule has 10 heteroatoms. The predicted molar refractivity (Wildman–Crippen MR) is 93.4 cm³/mol. The van der Waals surface area contributed by atoms with E-state index >= 15 is 0 Å². The molecule has 0 aliphatic carbocycles. The van der Waals surface area contributed by atoms with Gasteiger partial charge in [-0.1, -0.05) is 0 Å². The monoisotopic (exact) mass is 363 g/mol. The molecule has 0 aliphatic heterocycles. The third-order valence-electron chi connectivity index (χ3n) is 3.19. The summed E-state index contributed by atoms with van der Waals surface area (Å²) in [5.74, 6) is -1.78. The fourth-order valence-corrected chi connectivity index (χ4v) is 2.19. The first-order chi connectivity index (χ1) is 12.0. The maximum Gasteiger partial charge on any atom is 0.412 e. The number of hydrogen-bond donors (Lipinski definition) is 3. The van der Waals surface area contributed by atoms with E-state index in [4.69, 9.17) is 9.84 Å². The molecule has 2 aromatic heterocycles. The number of aromatic nitrogens is 3. The second-order valence-corrected chi connectivity index (χ2v) is 6.67. The summed E-state index contributed by atoms with van der Waals surface area (Å²) in [4.78, 5) is 39.0. The Labute approximate surface area is 149 Å². The highest BCUT2D eigenvalue weighted by Crippen LogP contribution is 2.17. The first-order valence-corrected chi connectivity index (χ1v) is 7.70. The Bertz CT molecular complexity index is 859. The molecule has 2 aromatic rings. The second-order valence-electron chi connectivity index (χ2n) is 6.67. The number of carboxylic acid groups (broad SMARTS) is 1. The van der Waals surface area contributed by atoms with Crippen molar-refractivity contribution in [2.45, 2.75) is 26.4 Å². The number of hydrogen-bond acceptors (Lipinski definition) is 5. The molecule has 140 valence electrons. The summed E-state index contributed by atoms with van der Waals surface area (Å²) in [5.41, 5.74) is -0.00220. The maximum absolute atomic E-state index is 12.4. The van der Waals surface area contributed by atoms with E-state index in [2.05, 4.69) is 15.6 Å². The lowest BCUT2D eigenvalue weighted by Gasteiger charge is -2.19. The molecule has 0 fully saturated rings. The Balaban J connectivity index is 2.10. The average molecular weight is 363 g/mol. The Hall–Kier alpha value is -3.30. The van der Waals surface area contributed by atoms with E-state index in [9.17, 15) is 14.4 Å². The minimum atomic E-state index is -1.20. The molecule has 2 rings (SSSR count). The first kappa shape index (κ1) is 19.0. The van der Waals surface area contributed by atoms with E-state index in [1.807, 2.05) is 0 Å². The molecule has 0 bridgehead atoms. The lowest BCUT2D eigenvalue weighted by atomic mass is 10.2. The van der Waals surface area contributed by atoms with Gasteiger partial charge in [-0.05, 0) is 26.8 Å². The van der Waals surface area contributed by atoms with Gasteiger partial charge in [-0.2, -0.15) is 0 Å². The maximum atomic E-state index is 12.4. The summed E-state index contributed by atoms with van der Waals surface area (Å²) >= 11 is 0. The van der Waals surface area contributed by atoms with Gasteiger partial charge in [-0.3, -0.25) is 10.1 Å². The van der Waals surface area contributed by atoms with E-state index in [1.54, 1.807) is 34.0 Å². The summed E-state index contributed by atoms with van der Waals surface area (Å²) in [7, 11) is 3.15. The number of carboxylic acids is 1. The third kappa shape index (κ3) is 4.62. The van der Waals surface area contributed by atoms with Crippen molar-refractivity contribution in [3.63, 3.8) is 0 Å². The van der Waals surface area contributed by atoms with Crippen LogP contribution in [0.5, 0.6) is 0 Å². The second kappa shape index (κ2) is 6.90. The number of carbonyl (C=O) groups excluding carboxylic acids is 2. The van der Waals surface area contributed by atoms with Crippen molar-refractivity contribution in [2.24, 2.45) is 14.1 Å². The highest BCUT2D eigenvalue weighted by molar-refractivity contribution is 6.04. The van der Waals surface area contributed by atoms with Crippen molar-refractivity contribution in [1.82, 2.24) is 14.1 Å². The lowest BCUT2D eigenvalue weighted by molar-refractivity contribution is 0.0633. The molecular formula is C16H21N5O5. The van der Waals surface area contributed by atoms with Crippen molar-refractivity contribution in [3.05, 3.63) is 30.0 Å². The van der Waals surface area contributed by atoms with Crippen LogP contribution in [0.3, 0.4) is 0 Å². The highest BCUT2D eigenvalue weighted by atomic mass is 16.6. The third-order valence-corrected chi connectivity index (χ3v) is 3.19. The summed E-state index contributed by atoms with van der Waals surface area (Å²) in [6.45, 7) is 5.23. The number of aryl methyl sites for hydroxylation is 2. The van der Waals surface area contributed by atoms with Crippen molar-refractivity contribution >= 4 is 29.5 Å². The number of rotatable bonds is 4. The standard InChI is InChI=1S/C16H21N5O5/c1-16(2,3)26-15(25)17-9-6-10(20(4)7-9)13(22)19-11-8-21(5)12(18-11)14(23)24/h6-8H,1-5H3,(H,17,25)(H,19,22)(H,23,24). The number of nitrogens with one attached hydrogen (secondary N) is 2. The molecule has 0 saturated carbocycles. The fourth-order valence-electron chi connectivity index (χ4n) is 2.19. The van der Waals surface area contributed by atoms with Gasteiger partial charge in [0.2, 0.25) is 5.82 Å². The van der Waals surface area contributed by atoms with E-state index < -0.39 is 23.6 Å². The number of imidazole rings is 1. The summed E-state index contributed by atoms with van der Waals surface area (Å²) in [5, 5.41) is 14.1. The van der Waals surface area contributed by atoms with Crippen LogP contribution in [0, 0.1) is 0 Å². The summed E-state index contributed by atoms with van der Waals surface area (Å²) < 4.78 is 7.96. The van der Waals surface area contributed by atoms with Crippen LogP contribution in [0.25, 0.3) is 0 Å². The van der Waals surface area contributed by atoms with Gasteiger partial charge in [-0.25, -0.2) is 14.6 Å². The van der Waals surface area contributed by atoms with E-state index in [1.165, 1.54) is 28.4 Å². The number of nitrogens with zero attached hydrogens (tertiary/aromatic N) is 3. The molecule has 0 atom stereocenters. The van der Waals surface area contributed by atoms with E-state index in [-0.39, 0.29) is 17.3 Å². The van der Waals surface area contributed by atoms with Crippen LogP contribution < -0.4 is 10.6 Å². The first-order valence-electron chi connectivity index (χ1n) is 7.70. The van der Waals surface area contributed by atoms with Crippen molar-refractivity contribution < 1.29 is 24.2 Å². The van der Waals surface area contributed by atoms with Crippen molar-refractivity contribution in [3.8, 4) is 0 Å². The Morgan fingerprint density at radius 2 is 1.77 bits per heavy atom. The largest absolute Gasteiger partial charge is 0.475 e. The van der Waals surface area contributed by atoms with Gasteiger partial charge in [0.15, 0.2) is 5.82 Å². The number of anilines is 2. The molecule has 10 nitrogen and oxygen atoms in total. The number of aromatic carboxylic acids is 1. The Morgan fingerprint density at radius 3 is 2.31 bits per heavy atom. The van der Waals surface area contributed by atoms with E-state index in [0.29, 0.717) is 5.69 Å². The smallest absolute Gasteiger partial charge is 0.412 e. The average Bonchev–Trinajstić information content (AvgIpc) is 2.99. The summed E-state index contributed by atoms with van der Waals surface area (Å²) in [6.07, 6.45) is 2.32.